The second kappa shape index (κ2) is 6.96. The lowest BCUT2D eigenvalue weighted by molar-refractivity contribution is 0.943. The van der Waals surface area contributed by atoms with Crippen LogP contribution in [0.4, 0.5) is 0 Å². The van der Waals surface area contributed by atoms with Crippen molar-refractivity contribution in [2.45, 2.75) is 26.2 Å². The Morgan fingerprint density at radius 1 is 1.46 bits per heavy atom. The second-order valence-corrected chi connectivity index (χ2v) is 3.97. The summed E-state index contributed by atoms with van der Waals surface area (Å²) in [4.78, 5) is 4.27. The quantitative estimate of drug-likeness (QED) is 0.644. The van der Waals surface area contributed by atoms with Gasteiger partial charge in [-0.15, -0.1) is 0 Å². The molecule has 0 fully saturated rings. The van der Waals surface area contributed by atoms with Gasteiger partial charge in [0.15, 0.2) is 0 Å². The van der Waals surface area contributed by atoms with E-state index in [1.54, 1.807) is 0 Å². The number of rotatable bonds is 6. The minimum absolute atomic E-state index is 1.08. The summed E-state index contributed by atoms with van der Waals surface area (Å²) in [6.45, 7) is 2.20. The Balaban J connectivity index is 2.07. The first kappa shape index (κ1) is 10.6. The highest BCUT2D eigenvalue weighted by molar-refractivity contribution is 8.01. The van der Waals surface area contributed by atoms with E-state index < -0.39 is 0 Å². The monoisotopic (exact) mass is 194 g/mol. The number of nitrogens with zero attached hydrogens (tertiary/aromatic N) is 1. The van der Waals surface area contributed by atoms with Crippen LogP contribution in [0.25, 0.3) is 0 Å². The largest absolute Gasteiger partial charge is 0.261 e. The van der Waals surface area contributed by atoms with E-state index in [-0.39, 0.29) is 0 Å². The van der Waals surface area contributed by atoms with Crippen LogP contribution in [-0.2, 0) is 6.42 Å². The molecule has 0 aromatic carbocycles. The molecule has 71 valence electrons. The van der Waals surface area contributed by atoms with Crippen molar-refractivity contribution in [3.05, 3.63) is 35.8 Å². The van der Waals surface area contributed by atoms with Crippen LogP contribution in [0.15, 0.2) is 24.4 Å². The van der Waals surface area contributed by atoms with E-state index in [0.717, 1.165) is 12.2 Å². The molecular formula is C11H16NS. The summed E-state index contributed by atoms with van der Waals surface area (Å²) in [5.74, 6) is 3.44. The topological polar surface area (TPSA) is 12.9 Å². The Morgan fingerprint density at radius 3 is 3.08 bits per heavy atom. The third kappa shape index (κ3) is 4.94. The van der Waals surface area contributed by atoms with Crippen molar-refractivity contribution >= 4 is 11.8 Å². The molecular weight excluding hydrogens is 178 g/mol. The molecule has 0 spiro atoms. The van der Waals surface area contributed by atoms with Crippen molar-refractivity contribution in [3.8, 4) is 0 Å². The molecule has 1 aromatic heterocycles. The summed E-state index contributed by atoms with van der Waals surface area (Å²) >= 11 is 1.91. The number of hydrogen-bond acceptors (Lipinski definition) is 2. The van der Waals surface area contributed by atoms with Gasteiger partial charge in [0.1, 0.15) is 0 Å². The molecule has 13 heavy (non-hydrogen) atoms. The molecule has 0 aliphatic heterocycles. The van der Waals surface area contributed by atoms with E-state index in [1.807, 2.05) is 30.1 Å². The van der Waals surface area contributed by atoms with E-state index in [4.69, 9.17) is 0 Å². The molecule has 2 heteroatoms. The molecule has 0 bridgehead atoms. The first-order valence-electron chi connectivity index (χ1n) is 4.76. The van der Waals surface area contributed by atoms with Gasteiger partial charge in [-0.25, -0.2) is 0 Å². The predicted octanol–water partition coefficient (Wildman–Crippen LogP) is 3.32. The molecule has 0 aliphatic carbocycles. The van der Waals surface area contributed by atoms with E-state index in [2.05, 4.69) is 23.7 Å². The maximum atomic E-state index is 4.27. The third-order valence-corrected chi connectivity index (χ3v) is 2.64. The van der Waals surface area contributed by atoms with E-state index in [0.29, 0.717) is 0 Å². The smallest absolute Gasteiger partial charge is 0.0411 e. The zero-order valence-electron chi connectivity index (χ0n) is 8.07. The highest BCUT2D eigenvalue weighted by Crippen LogP contribution is 2.11. The van der Waals surface area contributed by atoms with Crippen molar-refractivity contribution in [1.82, 2.24) is 4.98 Å². The van der Waals surface area contributed by atoms with E-state index in [9.17, 15) is 0 Å². The summed E-state index contributed by atoms with van der Waals surface area (Å²) in [6, 6.07) is 6.09. The summed E-state index contributed by atoms with van der Waals surface area (Å²) in [5.41, 5.74) is 1.19. The van der Waals surface area contributed by atoms with Gasteiger partial charge >= 0.3 is 0 Å². The Morgan fingerprint density at radius 2 is 2.38 bits per heavy atom. The average molecular weight is 194 g/mol. The highest BCUT2D eigenvalue weighted by Gasteiger charge is 1.93. The summed E-state index contributed by atoms with van der Waals surface area (Å²) in [7, 11) is 0. The van der Waals surface area contributed by atoms with Crippen molar-refractivity contribution in [2.75, 3.05) is 5.75 Å². The molecule has 0 unspecified atom stereocenters. The van der Waals surface area contributed by atoms with Gasteiger partial charge in [-0.2, -0.15) is 11.8 Å². The molecule has 0 saturated heterocycles. The molecule has 1 nitrogen and oxygen atoms in total. The van der Waals surface area contributed by atoms with Crippen LogP contribution in [0.1, 0.15) is 25.5 Å². The van der Waals surface area contributed by atoms with E-state index >= 15 is 0 Å². The van der Waals surface area contributed by atoms with Crippen molar-refractivity contribution in [2.24, 2.45) is 0 Å². The molecule has 1 aromatic rings. The lowest BCUT2D eigenvalue weighted by Crippen LogP contribution is -1.90. The zero-order valence-corrected chi connectivity index (χ0v) is 8.89. The van der Waals surface area contributed by atoms with Crippen LogP contribution in [0.3, 0.4) is 0 Å². The van der Waals surface area contributed by atoms with Crippen molar-refractivity contribution in [3.63, 3.8) is 0 Å². The minimum Gasteiger partial charge on any atom is -0.261 e. The van der Waals surface area contributed by atoms with E-state index in [1.165, 1.54) is 18.5 Å². The Hall–Kier alpha value is -0.500. The molecule has 0 aliphatic rings. The van der Waals surface area contributed by atoms with Gasteiger partial charge in [-0.3, -0.25) is 4.98 Å². The maximum absolute atomic E-state index is 4.27. The molecule has 1 radical (unpaired) electrons. The lowest BCUT2D eigenvalue weighted by atomic mass is 10.3. The fourth-order valence-corrected chi connectivity index (χ4v) is 1.89. The van der Waals surface area contributed by atoms with Crippen LogP contribution < -0.4 is 0 Å². The fraction of sp³-hybridized carbons (Fsp3) is 0.455. The molecule has 0 amide bonds. The SMILES string of the molecule is CCC[CH]SCCc1ccccn1. The Kier molecular flexibility index (Phi) is 5.66. The third-order valence-electron chi connectivity index (χ3n) is 1.73. The summed E-state index contributed by atoms with van der Waals surface area (Å²) < 4.78 is 0. The number of hydrogen-bond donors (Lipinski definition) is 0. The van der Waals surface area contributed by atoms with Gasteiger partial charge in [-0.05, 0) is 30.7 Å². The average Bonchev–Trinajstić information content (AvgIpc) is 2.19. The number of aromatic nitrogens is 1. The predicted molar refractivity (Wildman–Crippen MR) is 59.6 cm³/mol. The zero-order chi connectivity index (χ0) is 9.36. The van der Waals surface area contributed by atoms with Gasteiger partial charge in [0.25, 0.3) is 0 Å². The van der Waals surface area contributed by atoms with Gasteiger partial charge in [-0.1, -0.05) is 19.4 Å². The van der Waals surface area contributed by atoms with Gasteiger partial charge < -0.3 is 0 Å². The highest BCUT2D eigenvalue weighted by atomic mass is 32.2. The normalized spacial score (nSPS) is 10.2. The summed E-state index contributed by atoms with van der Waals surface area (Å²) in [5, 5.41) is 0. The molecule has 0 saturated carbocycles. The minimum atomic E-state index is 1.08. The van der Waals surface area contributed by atoms with Crippen LogP contribution in [0, 0.1) is 5.75 Å². The number of thioether (sulfide) groups is 1. The van der Waals surface area contributed by atoms with Crippen LogP contribution in [-0.4, -0.2) is 10.7 Å². The van der Waals surface area contributed by atoms with Crippen LogP contribution >= 0.6 is 11.8 Å². The first-order valence-corrected chi connectivity index (χ1v) is 5.81. The first-order chi connectivity index (χ1) is 6.43. The van der Waals surface area contributed by atoms with Crippen LogP contribution in [0.2, 0.25) is 0 Å². The standard InChI is InChI=1S/C11H16NS/c1-2-3-9-13-10-7-11-6-4-5-8-12-11/h4-6,8-9H,2-3,7,10H2,1H3. The Bertz CT molecular complexity index is 211. The molecule has 1 heterocycles. The molecule has 0 atom stereocenters. The maximum Gasteiger partial charge on any atom is 0.0411 e. The van der Waals surface area contributed by atoms with Gasteiger partial charge in [0.05, 0.1) is 0 Å². The number of unbranched alkanes of at least 4 members (excludes halogenated alkanes) is 1. The summed E-state index contributed by atoms with van der Waals surface area (Å²) in [6.07, 6.45) is 5.39. The van der Waals surface area contributed by atoms with Crippen LogP contribution in [0.5, 0.6) is 0 Å². The van der Waals surface area contributed by atoms with Gasteiger partial charge in [0.2, 0.25) is 0 Å². The second-order valence-electron chi connectivity index (χ2n) is 2.90. The molecule has 0 N–H and O–H groups in total. The van der Waals surface area contributed by atoms with Crippen molar-refractivity contribution < 1.29 is 0 Å². The van der Waals surface area contributed by atoms with Gasteiger partial charge in [0, 0.05) is 17.6 Å². The fourth-order valence-electron chi connectivity index (χ4n) is 0.994. The number of aryl methyl sites for hydroxylation is 1. The Labute approximate surface area is 85.0 Å². The lowest BCUT2D eigenvalue weighted by Gasteiger charge is -1.99. The number of pyridine rings is 1. The molecule has 1 rings (SSSR count). The van der Waals surface area contributed by atoms with Crippen molar-refractivity contribution in [1.29, 1.82) is 0 Å².